The summed E-state index contributed by atoms with van der Waals surface area (Å²) in [6.07, 6.45) is 7.75. The average Bonchev–Trinajstić information content (AvgIpc) is 2.39. The Morgan fingerprint density at radius 3 is 2.42 bits per heavy atom. The lowest BCUT2D eigenvalue weighted by Crippen LogP contribution is -2.01. The van der Waals surface area contributed by atoms with Crippen LogP contribution in [0.5, 0.6) is 5.75 Å². The van der Waals surface area contributed by atoms with Gasteiger partial charge in [-0.1, -0.05) is 39.0 Å². The molecule has 0 aliphatic rings. The molecule has 19 heavy (non-hydrogen) atoms. The Labute approximate surface area is 120 Å². The summed E-state index contributed by atoms with van der Waals surface area (Å²) in [5.41, 5.74) is 0.683. The Kier molecular flexibility index (Phi) is 7.00. The van der Waals surface area contributed by atoms with Gasteiger partial charge in [-0.2, -0.15) is 0 Å². The molecule has 0 radical (unpaired) electrons. The summed E-state index contributed by atoms with van der Waals surface area (Å²) in [4.78, 5) is 13.5. The number of hydrogen-bond donors (Lipinski definition) is 0. The second kappa shape index (κ2) is 8.26. The first-order chi connectivity index (χ1) is 9.06. The molecule has 0 amide bonds. The van der Waals surface area contributed by atoms with E-state index in [4.69, 9.17) is 0 Å². The van der Waals surface area contributed by atoms with Gasteiger partial charge in [-0.05, 0) is 24.7 Å². The largest absolute Gasteiger partial charge is 0.869 e. The molecule has 0 unspecified atom stereocenters. The van der Waals surface area contributed by atoms with Crippen LogP contribution in [0.2, 0.25) is 0 Å². The van der Waals surface area contributed by atoms with Crippen molar-refractivity contribution < 1.29 is 9.90 Å². The van der Waals surface area contributed by atoms with Crippen LogP contribution >= 0.6 is 11.3 Å². The predicted octanol–water partition coefficient (Wildman–Crippen LogP) is 4.65. The molecule has 0 N–H and O–H groups in total. The highest BCUT2D eigenvalue weighted by atomic mass is 32.1. The molecule has 0 saturated carbocycles. The molecule has 1 heterocycles. The zero-order valence-electron chi connectivity index (χ0n) is 12.3. The summed E-state index contributed by atoms with van der Waals surface area (Å²) in [7, 11) is 0. The number of carbonyl (C=O) groups is 1. The Balaban J connectivity index is 2.42. The van der Waals surface area contributed by atoms with Crippen molar-refractivity contribution in [1.29, 1.82) is 0 Å². The van der Waals surface area contributed by atoms with Crippen molar-refractivity contribution in [3.8, 4) is 5.75 Å². The highest BCUT2D eigenvalue weighted by Gasteiger charge is 2.19. The quantitative estimate of drug-likeness (QED) is 0.395. The summed E-state index contributed by atoms with van der Waals surface area (Å²) in [5.74, 6) is 0.257. The minimum atomic E-state index is 0.0705. The number of ketones is 1. The number of Topliss-reactive ketones (excluding diaryl/α,β-unsaturated/α-hetero) is 1. The lowest BCUT2D eigenvalue weighted by Gasteiger charge is -2.07. The standard InChI is InChI=1S/C16H24O2S/c1-4-5-6-7-8-9-10-14(17)15-11-12(2)16(18)13(3)19-15/h11H,4-10H2,1-3H3. The molecule has 0 atom stereocenters. The van der Waals surface area contributed by atoms with Crippen LogP contribution in [-0.2, 0) is 0 Å². The van der Waals surface area contributed by atoms with Crippen LogP contribution in [0.25, 0.3) is 0 Å². The highest BCUT2D eigenvalue weighted by molar-refractivity contribution is 7.13. The Bertz CT molecular complexity index is 404. The van der Waals surface area contributed by atoms with Gasteiger partial charge in [-0.15, -0.1) is 0 Å². The van der Waals surface area contributed by atoms with Crippen LogP contribution in [0.4, 0.5) is 0 Å². The molecule has 3 heteroatoms. The first-order valence-electron chi connectivity index (χ1n) is 7.20. The molecule has 1 aromatic heterocycles. The molecular weight excluding hydrogens is 256 g/mol. The fourth-order valence-electron chi connectivity index (χ4n) is 2.11. The van der Waals surface area contributed by atoms with Crippen LogP contribution in [-0.4, -0.2) is 5.78 Å². The van der Waals surface area contributed by atoms with E-state index in [2.05, 4.69) is 6.92 Å². The highest BCUT2D eigenvalue weighted by Crippen LogP contribution is 2.26. The lowest BCUT2D eigenvalue weighted by molar-refractivity contribution is -0.269. The summed E-state index contributed by atoms with van der Waals surface area (Å²) < 4.78 is 0. The van der Waals surface area contributed by atoms with Gasteiger partial charge in [0.2, 0.25) is 17.1 Å². The zero-order chi connectivity index (χ0) is 14.3. The van der Waals surface area contributed by atoms with E-state index < -0.39 is 0 Å². The van der Waals surface area contributed by atoms with Crippen LogP contribution in [0.3, 0.4) is 0 Å². The molecule has 106 valence electrons. The van der Waals surface area contributed by atoms with Crippen molar-refractivity contribution in [3.63, 3.8) is 0 Å². The van der Waals surface area contributed by atoms with Gasteiger partial charge in [0, 0.05) is 19.4 Å². The van der Waals surface area contributed by atoms with Crippen molar-refractivity contribution >= 4 is 17.1 Å². The molecule has 0 bridgehead atoms. The van der Waals surface area contributed by atoms with E-state index in [0.29, 0.717) is 16.9 Å². The Morgan fingerprint density at radius 2 is 1.79 bits per heavy atom. The molecule has 0 aromatic carbocycles. The summed E-state index contributed by atoms with van der Waals surface area (Å²) in [6.45, 7) is 5.78. The molecule has 0 aliphatic carbocycles. The lowest BCUT2D eigenvalue weighted by atomic mass is 10.1. The van der Waals surface area contributed by atoms with Crippen molar-refractivity contribution in [2.24, 2.45) is 0 Å². The van der Waals surface area contributed by atoms with E-state index in [9.17, 15) is 9.90 Å². The topological polar surface area (TPSA) is 40.1 Å². The van der Waals surface area contributed by atoms with Crippen molar-refractivity contribution in [3.05, 3.63) is 21.4 Å². The molecule has 0 spiro atoms. The van der Waals surface area contributed by atoms with Crippen molar-refractivity contribution in [2.75, 3.05) is 0 Å². The molecule has 0 fully saturated rings. The summed E-state index contributed by atoms with van der Waals surface area (Å²) >= 11 is 1.34. The molecule has 0 saturated heterocycles. The number of aryl methyl sites for hydroxylation is 2. The second-order valence-electron chi connectivity index (χ2n) is 5.12. The van der Waals surface area contributed by atoms with Crippen LogP contribution in [0.15, 0.2) is 6.07 Å². The van der Waals surface area contributed by atoms with Crippen LogP contribution < -0.4 is 5.11 Å². The minimum absolute atomic E-state index is 0.0705. The molecule has 1 aromatic rings. The van der Waals surface area contributed by atoms with E-state index >= 15 is 0 Å². The smallest absolute Gasteiger partial charge is 0.273 e. The van der Waals surface area contributed by atoms with Crippen molar-refractivity contribution in [1.82, 2.24) is 0 Å². The molecule has 1 rings (SSSR count). The van der Waals surface area contributed by atoms with Gasteiger partial charge in [0.15, 0.2) is 4.88 Å². The Hall–Kier alpha value is -0.960. The first kappa shape index (κ1) is 16.1. The minimum Gasteiger partial charge on any atom is -0.869 e. The predicted molar refractivity (Wildman–Crippen MR) is 80.0 cm³/mol. The van der Waals surface area contributed by atoms with E-state index in [-0.39, 0.29) is 11.5 Å². The average molecular weight is 280 g/mol. The van der Waals surface area contributed by atoms with Crippen LogP contribution in [0.1, 0.15) is 72.0 Å². The number of unbranched alkanes of at least 4 members (excludes halogenated alkanes) is 5. The van der Waals surface area contributed by atoms with Gasteiger partial charge in [-0.25, -0.2) is 0 Å². The van der Waals surface area contributed by atoms with Gasteiger partial charge >= 0.3 is 0 Å². The van der Waals surface area contributed by atoms with E-state index in [1.54, 1.807) is 19.9 Å². The molecule has 2 nitrogen and oxygen atoms in total. The summed E-state index contributed by atoms with van der Waals surface area (Å²) in [5, 5.41) is 11.6. The third-order valence-corrected chi connectivity index (χ3v) is 4.38. The van der Waals surface area contributed by atoms with Crippen LogP contribution in [0, 0.1) is 13.8 Å². The monoisotopic (exact) mass is 280 g/mol. The maximum Gasteiger partial charge on any atom is 0.273 e. The zero-order valence-corrected chi connectivity index (χ0v) is 13.1. The second-order valence-corrected chi connectivity index (χ2v) is 6.38. The number of carbonyl (C=O) groups excluding carboxylic acids is 1. The van der Waals surface area contributed by atoms with E-state index in [1.165, 1.54) is 37.0 Å². The van der Waals surface area contributed by atoms with Gasteiger partial charge < -0.3 is 5.11 Å². The van der Waals surface area contributed by atoms with E-state index in [1.807, 2.05) is 0 Å². The van der Waals surface area contributed by atoms with Gasteiger partial charge in [-0.3, -0.25) is 4.79 Å². The van der Waals surface area contributed by atoms with Gasteiger partial charge in [0.1, 0.15) is 0 Å². The third kappa shape index (κ3) is 5.27. The normalized spacial score (nSPS) is 10.7. The SMILES string of the molecule is CCCCCCCCC(=O)c1cc(C)c([O-])c(C)[s+]1. The van der Waals surface area contributed by atoms with E-state index in [0.717, 1.165) is 17.7 Å². The Morgan fingerprint density at radius 1 is 1.16 bits per heavy atom. The fourth-order valence-corrected chi connectivity index (χ4v) is 3.14. The first-order valence-corrected chi connectivity index (χ1v) is 8.02. The number of hydrogen-bond acceptors (Lipinski definition) is 2. The van der Waals surface area contributed by atoms with Gasteiger partial charge in [0.25, 0.3) is 4.88 Å². The number of rotatable bonds is 8. The fraction of sp³-hybridized carbons (Fsp3) is 0.625. The third-order valence-electron chi connectivity index (χ3n) is 3.32. The molecule has 0 aliphatic heterocycles. The molecular formula is C16H24O2S. The maximum atomic E-state index is 12.1. The van der Waals surface area contributed by atoms with Gasteiger partial charge in [0.05, 0.1) is 0 Å². The van der Waals surface area contributed by atoms with Crippen molar-refractivity contribution in [2.45, 2.75) is 65.7 Å². The maximum absolute atomic E-state index is 12.1. The summed E-state index contributed by atoms with van der Waals surface area (Å²) in [6, 6.07) is 1.75.